The molecule has 0 aliphatic carbocycles. The molecular weight excluding hydrogens is 198 g/mol. The maximum Gasteiger partial charge on any atom is 0.124 e. The van der Waals surface area contributed by atoms with E-state index in [9.17, 15) is 0 Å². The van der Waals surface area contributed by atoms with Crippen LogP contribution in [-0.4, -0.2) is 13.2 Å². The van der Waals surface area contributed by atoms with Gasteiger partial charge in [-0.2, -0.15) is 0 Å². The molecule has 1 unspecified atom stereocenters. The molecule has 1 aromatic carbocycles. The minimum Gasteiger partial charge on any atom is -0.493 e. The Balaban J connectivity index is 2.33. The first kappa shape index (κ1) is 11.5. The second-order valence-corrected chi connectivity index (χ2v) is 4.33. The van der Waals surface area contributed by atoms with Gasteiger partial charge in [-0.05, 0) is 37.4 Å². The van der Waals surface area contributed by atoms with Crippen LogP contribution in [0.4, 0.5) is 0 Å². The number of benzene rings is 1. The molecule has 1 aliphatic heterocycles. The van der Waals surface area contributed by atoms with E-state index in [1.165, 1.54) is 17.5 Å². The van der Waals surface area contributed by atoms with Gasteiger partial charge in [0.25, 0.3) is 0 Å². The van der Waals surface area contributed by atoms with Crippen molar-refractivity contribution in [2.75, 3.05) is 13.2 Å². The van der Waals surface area contributed by atoms with Gasteiger partial charge in [0.1, 0.15) is 5.75 Å². The molecule has 16 heavy (non-hydrogen) atoms. The van der Waals surface area contributed by atoms with Gasteiger partial charge in [0.15, 0.2) is 0 Å². The fourth-order valence-electron chi connectivity index (χ4n) is 2.31. The molecule has 0 spiro atoms. The molecule has 0 amide bonds. The van der Waals surface area contributed by atoms with Crippen LogP contribution in [0.25, 0.3) is 0 Å². The highest BCUT2D eigenvalue weighted by atomic mass is 16.5. The van der Waals surface area contributed by atoms with Gasteiger partial charge in [-0.1, -0.05) is 26.0 Å². The van der Waals surface area contributed by atoms with Gasteiger partial charge in [-0.3, -0.25) is 0 Å². The number of rotatable bonds is 3. The van der Waals surface area contributed by atoms with Crippen molar-refractivity contribution in [3.8, 4) is 5.75 Å². The summed E-state index contributed by atoms with van der Waals surface area (Å²) in [6.45, 7) is 6.22. The molecule has 1 N–H and O–H groups in total. The molecule has 0 fully saturated rings. The van der Waals surface area contributed by atoms with Crippen LogP contribution in [0.5, 0.6) is 5.75 Å². The van der Waals surface area contributed by atoms with Gasteiger partial charge in [-0.25, -0.2) is 0 Å². The van der Waals surface area contributed by atoms with Gasteiger partial charge in [-0.15, -0.1) is 0 Å². The summed E-state index contributed by atoms with van der Waals surface area (Å²) in [6.07, 6.45) is 3.40. The lowest BCUT2D eigenvalue weighted by molar-refractivity contribution is 0.315. The van der Waals surface area contributed by atoms with Crippen molar-refractivity contribution in [2.24, 2.45) is 0 Å². The maximum atomic E-state index is 5.78. The number of hydrogen-bond donors (Lipinski definition) is 1. The third-order valence-corrected chi connectivity index (χ3v) is 3.20. The van der Waals surface area contributed by atoms with Crippen LogP contribution in [0.1, 0.15) is 43.9 Å². The Morgan fingerprint density at radius 1 is 1.38 bits per heavy atom. The van der Waals surface area contributed by atoms with E-state index >= 15 is 0 Å². The topological polar surface area (TPSA) is 21.3 Å². The third kappa shape index (κ3) is 2.38. The Morgan fingerprint density at radius 3 is 3.00 bits per heavy atom. The van der Waals surface area contributed by atoms with Gasteiger partial charge < -0.3 is 10.1 Å². The zero-order valence-electron chi connectivity index (χ0n) is 10.3. The van der Waals surface area contributed by atoms with Crippen molar-refractivity contribution in [1.82, 2.24) is 5.32 Å². The van der Waals surface area contributed by atoms with Crippen molar-refractivity contribution in [3.63, 3.8) is 0 Å². The van der Waals surface area contributed by atoms with E-state index in [1.807, 2.05) is 0 Å². The molecule has 0 bridgehead atoms. The second kappa shape index (κ2) is 5.35. The Kier molecular flexibility index (Phi) is 3.83. The highest BCUT2D eigenvalue weighted by Gasteiger charge is 2.18. The van der Waals surface area contributed by atoms with Crippen LogP contribution in [0.15, 0.2) is 18.2 Å². The number of fused-ring (bicyclic) bond motifs is 1. The van der Waals surface area contributed by atoms with E-state index in [0.29, 0.717) is 6.04 Å². The molecule has 0 saturated carbocycles. The van der Waals surface area contributed by atoms with Crippen molar-refractivity contribution >= 4 is 0 Å². The average Bonchev–Trinajstić information content (AvgIpc) is 2.52. The fraction of sp³-hybridized carbons (Fsp3) is 0.571. The predicted octanol–water partition coefficient (Wildman–Crippen LogP) is 3.07. The summed E-state index contributed by atoms with van der Waals surface area (Å²) in [5.41, 5.74) is 2.74. The summed E-state index contributed by atoms with van der Waals surface area (Å²) in [4.78, 5) is 0. The Morgan fingerprint density at radius 2 is 2.25 bits per heavy atom. The van der Waals surface area contributed by atoms with Crippen LogP contribution >= 0.6 is 0 Å². The van der Waals surface area contributed by atoms with Crippen LogP contribution in [-0.2, 0) is 6.42 Å². The lowest BCUT2D eigenvalue weighted by Crippen LogP contribution is -2.20. The lowest BCUT2D eigenvalue weighted by atomic mass is 9.99. The monoisotopic (exact) mass is 219 g/mol. The van der Waals surface area contributed by atoms with E-state index in [1.54, 1.807) is 0 Å². The van der Waals surface area contributed by atoms with E-state index < -0.39 is 0 Å². The Labute approximate surface area is 98.0 Å². The second-order valence-electron chi connectivity index (χ2n) is 4.33. The molecule has 1 aliphatic rings. The van der Waals surface area contributed by atoms with Crippen LogP contribution in [0.3, 0.4) is 0 Å². The number of aryl methyl sites for hydroxylation is 1. The molecule has 1 heterocycles. The van der Waals surface area contributed by atoms with Gasteiger partial charge >= 0.3 is 0 Å². The van der Waals surface area contributed by atoms with Crippen molar-refractivity contribution in [1.29, 1.82) is 0 Å². The standard InChI is InChI=1S/C14H21NO/c1-3-11-7-8-14-12(10-11)13(15-4-2)6-5-9-16-14/h7-8,10,13,15H,3-6,9H2,1-2H3. The summed E-state index contributed by atoms with van der Waals surface area (Å²) in [5.74, 6) is 1.07. The van der Waals surface area contributed by atoms with Crippen LogP contribution in [0.2, 0.25) is 0 Å². The quantitative estimate of drug-likeness (QED) is 0.843. The van der Waals surface area contributed by atoms with Crippen molar-refractivity contribution in [2.45, 2.75) is 39.2 Å². The van der Waals surface area contributed by atoms with E-state index in [2.05, 4.69) is 37.4 Å². The molecule has 2 rings (SSSR count). The third-order valence-electron chi connectivity index (χ3n) is 3.20. The number of ether oxygens (including phenoxy) is 1. The number of hydrogen-bond acceptors (Lipinski definition) is 2. The van der Waals surface area contributed by atoms with E-state index in [0.717, 1.165) is 31.7 Å². The van der Waals surface area contributed by atoms with E-state index in [-0.39, 0.29) is 0 Å². The molecule has 1 atom stereocenters. The average molecular weight is 219 g/mol. The summed E-state index contributed by atoms with van der Waals surface area (Å²) < 4.78 is 5.78. The lowest BCUT2D eigenvalue weighted by Gasteiger charge is -2.18. The van der Waals surface area contributed by atoms with Gasteiger partial charge in [0, 0.05) is 11.6 Å². The molecule has 2 nitrogen and oxygen atoms in total. The summed E-state index contributed by atoms with van der Waals surface area (Å²) in [6, 6.07) is 7.07. The molecule has 2 heteroatoms. The SMILES string of the molecule is CCNC1CCCOc2ccc(CC)cc21. The highest BCUT2D eigenvalue weighted by molar-refractivity contribution is 5.40. The van der Waals surface area contributed by atoms with Crippen molar-refractivity contribution < 1.29 is 4.74 Å². The van der Waals surface area contributed by atoms with Gasteiger partial charge in [0.2, 0.25) is 0 Å². The molecule has 1 aromatic rings. The molecule has 0 saturated heterocycles. The largest absolute Gasteiger partial charge is 0.493 e. The first-order valence-electron chi connectivity index (χ1n) is 6.34. The normalized spacial score (nSPS) is 19.8. The Hall–Kier alpha value is -1.02. The first-order chi connectivity index (χ1) is 7.85. The minimum atomic E-state index is 0.467. The minimum absolute atomic E-state index is 0.467. The fourth-order valence-corrected chi connectivity index (χ4v) is 2.31. The van der Waals surface area contributed by atoms with Gasteiger partial charge in [0.05, 0.1) is 6.61 Å². The number of nitrogens with one attached hydrogen (secondary N) is 1. The zero-order valence-corrected chi connectivity index (χ0v) is 10.3. The van der Waals surface area contributed by atoms with Crippen LogP contribution < -0.4 is 10.1 Å². The predicted molar refractivity (Wildman–Crippen MR) is 67.0 cm³/mol. The molecule has 0 radical (unpaired) electrons. The molecule has 0 aromatic heterocycles. The summed E-state index contributed by atoms with van der Waals surface area (Å²) >= 11 is 0. The molecule has 88 valence electrons. The zero-order chi connectivity index (χ0) is 11.4. The summed E-state index contributed by atoms with van der Waals surface area (Å²) in [5, 5.41) is 3.55. The highest BCUT2D eigenvalue weighted by Crippen LogP contribution is 2.32. The first-order valence-corrected chi connectivity index (χ1v) is 6.34. The smallest absolute Gasteiger partial charge is 0.124 e. The maximum absolute atomic E-state index is 5.78. The van der Waals surface area contributed by atoms with Crippen molar-refractivity contribution in [3.05, 3.63) is 29.3 Å². The summed E-state index contributed by atoms with van der Waals surface area (Å²) in [7, 11) is 0. The Bertz CT molecular complexity index is 349. The van der Waals surface area contributed by atoms with E-state index in [4.69, 9.17) is 4.74 Å². The van der Waals surface area contributed by atoms with Crippen LogP contribution in [0, 0.1) is 0 Å². The molecular formula is C14H21NO.